The van der Waals surface area contributed by atoms with Gasteiger partial charge in [0.2, 0.25) is 0 Å². The first-order chi connectivity index (χ1) is 15.7. The zero-order valence-electron chi connectivity index (χ0n) is 17.7. The molecule has 0 aliphatic rings. The van der Waals surface area contributed by atoms with Gasteiger partial charge >= 0.3 is 0 Å². The highest BCUT2D eigenvalue weighted by Gasteiger charge is 2.10. The van der Waals surface area contributed by atoms with Gasteiger partial charge in [-0.1, -0.05) is 30.0 Å². The van der Waals surface area contributed by atoms with Crippen molar-refractivity contribution in [1.29, 1.82) is 0 Å². The molecule has 0 unspecified atom stereocenters. The predicted molar refractivity (Wildman–Crippen MR) is 128 cm³/mol. The van der Waals surface area contributed by atoms with Gasteiger partial charge in [0.05, 0.1) is 24.3 Å². The summed E-state index contributed by atoms with van der Waals surface area (Å²) in [5.74, 6) is 7.28. The maximum absolute atomic E-state index is 5.68. The van der Waals surface area contributed by atoms with Crippen LogP contribution in [0.15, 0.2) is 79.3 Å². The average Bonchev–Trinajstić information content (AvgIpc) is 3.28. The van der Waals surface area contributed by atoms with E-state index in [0.29, 0.717) is 6.54 Å². The van der Waals surface area contributed by atoms with E-state index in [1.807, 2.05) is 48.9 Å². The van der Waals surface area contributed by atoms with Gasteiger partial charge in [-0.15, -0.1) is 0 Å². The summed E-state index contributed by atoms with van der Waals surface area (Å²) in [7, 11) is 1.66. The van der Waals surface area contributed by atoms with E-state index in [-0.39, 0.29) is 0 Å². The van der Waals surface area contributed by atoms with Crippen molar-refractivity contribution in [3.8, 4) is 23.3 Å². The van der Waals surface area contributed by atoms with Crippen molar-refractivity contribution in [3.05, 3.63) is 95.9 Å². The summed E-state index contributed by atoms with van der Waals surface area (Å²) in [6, 6.07) is 22.3. The Balaban J connectivity index is 1.60. The third-order valence-corrected chi connectivity index (χ3v) is 5.44. The molecule has 0 spiro atoms. The number of ether oxygens (including phenoxy) is 1. The Morgan fingerprint density at radius 1 is 0.906 bits per heavy atom. The highest BCUT2D eigenvalue weighted by molar-refractivity contribution is 6.03. The number of nitrogens with zero attached hydrogens (tertiary/aromatic N) is 3. The van der Waals surface area contributed by atoms with Crippen LogP contribution in [0.2, 0.25) is 0 Å². The van der Waals surface area contributed by atoms with E-state index in [1.165, 1.54) is 5.56 Å². The van der Waals surface area contributed by atoms with E-state index >= 15 is 0 Å². The minimum absolute atomic E-state index is 0.642. The van der Waals surface area contributed by atoms with Crippen LogP contribution in [0.25, 0.3) is 27.6 Å². The minimum atomic E-state index is 0.642. The van der Waals surface area contributed by atoms with Crippen LogP contribution in [-0.4, -0.2) is 28.2 Å². The number of fused-ring (bicyclic) bond motifs is 3. The molecule has 5 heteroatoms. The SMILES string of the molecule is COc1cccc(C#Cc2ccc3ncc4ncn(-c5ccc(CCN)cc5)c4c3c2)c1. The molecule has 0 atom stereocenters. The molecule has 0 radical (unpaired) electrons. The normalized spacial score (nSPS) is 10.8. The van der Waals surface area contributed by atoms with Crippen molar-refractivity contribution >= 4 is 21.9 Å². The highest BCUT2D eigenvalue weighted by atomic mass is 16.5. The standard InChI is InChI=1S/C27H22N4O/c1-32-23-4-2-3-20(15-23)5-6-21-9-12-25-24(16-21)27-26(17-29-25)30-18-31(27)22-10-7-19(8-11-22)13-14-28/h2-4,7-12,15-18H,13-14,28H2,1H3. The lowest BCUT2D eigenvalue weighted by Crippen LogP contribution is -2.02. The van der Waals surface area contributed by atoms with Gasteiger partial charge in [0.25, 0.3) is 0 Å². The fourth-order valence-corrected chi connectivity index (χ4v) is 3.80. The molecule has 0 bridgehead atoms. The summed E-state index contributed by atoms with van der Waals surface area (Å²) in [5.41, 5.74) is 12.6. The third-order valence-electron chi connectivity index (χ3n) is 5.44. The Morgan fingerprint density at radius 3 is 2.50 bits per heavy atom. The smallest absolute Gasteiger partial charge is 0.120 e. The monoisotopic (exact) mass is 418 g/mol. The predicted octanol–water partition coefficient (Wildman–Crippen LogP) is 4.48. The van der Waals surface area contributed by atoms with Gasteiger partial charge in [0.15, 0.2) is 0 Å². The van der Waals surface area contributed by atoms with E-state index in [1.54, 1.807) is 7.11 Å². The number of rotatable bonds is 4. The largest absolute Gasteiger partial charge is 0.497 e. The van der Waals surface area contributed by atoms with Crippen LogP contribution in [0, 0.1) is 11.8 Å². The topological polar surface area (TPSA) is 66.0 Å². The summed E-state index contributed by atoms with van der Waals surface area (Å²) in [6.45, 7) is 0.642. The van der Waals surface area contributed by atoms with Crippen LogP contribution in [0.3, 0.4) is 0 Å². The van der Waals surface area contributed by atoms with Gasteiger partial charge in [-0.2, -0.15) is 0 Å². The number of pyridine rings is 1. The molecule has 2 aromatic heterocycles. The van der Waals surface area contributed by atoms with Crippen molar-refractivity contribution in [2.45, 2.75) is 6.42 Å². The molecule has 0 aliphatic heterocycles. The second kappa shape index (κ2) is 8.54. The maximum atomic E-state index is 5.68. The first kappa shape index (κ1) is 19.8. The molecule has 0 fully saturated rings. The molecule has 0 saturated carbocycles. The van der Waals surface area contributed by atoms with Crippen LogP contribution in [-0.2, 0) is 6.42 Å². The fourth-order valence-electron chi connectivity index (χ4n) is 3.80. The molecule has 156 valence electrons. The maximum Gasteiger partial charge on any atom is 0.120 e. The van der Waals surface area contributed by atoms with Crippen molar-refractivity contribution in [2.24, 2.45) is 5.73 Å². The fraction of sp³-hybridized carbons (Fsp3) is 0.111. The lowest BCUT2D eigenvalue weighted by Gasteiger charge is -2.08. The molecule has 0 amide bonds. The molecule has 5 aromatic rings. The van der Waals surface area contributed by atoms with E-state index < -0.39 is 0 Å². The Bertz CT molecular complexity index is 1470. The van der Waals surface area contributed by atoms with E-state index in [9.17, 15) is 0 Å². The number of benzene rings is 3. The third kappa shape index (κ3) is 3.80. The van der Waals surface area contributed by atoms with Crippen LogP contribution >= 0.6 is 0 Å². The molecule has 5 nitrogen and oxygen atoms in total. The molecule has 2 heterocycles. The Labute approximate surface area is 186 Å². The average molecular weight is 419 g/mol. The summed E-state index contributed by atoms with van der Waals surface area (Å²) >= 11 is 0. The molecule has 0 saturated heterocycles. The Hall–Kier alpha value is -4.14. The van der Waals surface area contributed by atoms with Gasteiger partial charge in [-0.25, -0.2) is 4.98 Å². The lowest BCUT2D eigenvalue weighted by molar-refractivity contribution is 0.414. The van der Waals surface area contributed by atoms with Crippen molar-refractivity contribution < 1.29 is 4.74 Å². The van der Waals surface area contributed by atoms with E-state index in [2.05, 4.69) is 56.7 Å². The van der Waals surface area contributed by atoms with Gasteiger partial charge in [0, 0.05) is 22.2 Å². The van der Waals surface area contributed by atoms with Crippen LogP contribution in [0.4, 0.5) is 0 Å². The van der Waals surface area contributed by atoms with Gasteiger partial charge in [-0.05, 0) is 67.1 Å². The van der Waals surface area contributed by atoms with Gasteiger partial charge in [0.1, 0.15) is 17.6 Å². The lowest BCUT2D eigenvalue weighted by atomic mass is 10.1. The molecule has 2 N–H and O–H groups in total. The van der Waals surface area contributed by atoms with Crippen LogP contribution < -0.4 is 10.5 Å². The Morgan fingerprint density at radius 2 is 1.72 bits per heavy atom. The second-order valence-electron chi connectivity index (χ2n) is 7.53. The number of imidazole rings is 1. The van der Waals surface area contributed by atoms with Crippen LogP contribution in [0.5, 0.6) is 5.75 Å². The summed E-state index contributed by atoms with van der Waals surface area (Å²) in [5, 5.41) is 1.02. The van der Waals surface area contributed by atoms with Gasteiger partial charge < -0.3 is 10.5 Å². The molecule has 0 aliphatic carbocycles. The molecule has 5 rings (SSSR count). The minimum Gasteiger partial charge on any atom is -0.497 e. The van der Waals surface area contributed by atoms with Crippen molar-refractivity contribution in [2.75, 3.05) is 13.7 Å². The number of aromatic nitrogens is 3. The molecular formula is C27H22N4O. The first-order valence-electron chi connectivity index (χ1n) is 10.5. The summed E-state index contributed by atoms with van der Waals surface area (Å²) in [6.07, 6.45) is 4.53. The molecule has 32 heavy (non-hydrogen) atoms. The van der Waals surface area contributed by atoms with Gasteiger partial charge in [-0.3, -0.25) is 9.55 Å². The quantitative estimate of drug-likeness (QED) is 0.437. The first-order valence-corrected chi connectivity index (χ1v) is 10.5. The van der Waals surface area contributed by atoms with E-state index in [0.717, 1.165) is 50.9 Å². The number of methoxy groups -OCH3 is 1. The number of nitrogens with two attached hydrogens (primary N) is 1. The van der Waals surface area contributed by atoms with Crippen molar-refractivity contribution in [1.82, 2.24) is 14.5 Å². The zero-order valence-corrected chi connectivity index (χ0v) is 17.7. The Kier molecular flexibility index (Phi) is 5.29. The second-order valence-corrected chi connectivity index (χ2v) is 7.53. The zero-order chi connectivity index (χ0) is 21.9. The summed E-state index contributed by atoms with van der Waals surface area (Å²) in [4.78, 5) is 9.16. The van der Waals surface area contributed by atoms with Crippen LogP contribution in [0.1, 0.15) is 16.7 Å². The number of hydrogen-bond acceptors (Lipinski definition) is 4. The van der Waals surface area contributed by atoms with E-state index in [4.69, 9.17) is 10.5 Å². The molecule has 3 aromatic carbocycles. The highest BCUT2D eigenvalue weighted by Crippen LogP contribution is 2.26. The molecular weight excluding hydrogens is 396 g/mol. The van der Waals surface area contributed by atoms with Crippen molar-refractivity contribution in [3.63, 3.8) is 0 Å². The number of hydrogen-bond donors (Lipinski definition) is 1. The summed E-state index contributed by atoms with van der Waals surface area (Å²) < 4.78 is 7.39.